The van der Waals surface area contributed by atoms with Crippen LogP contribution in [-0.2, 0) is 0 Å². The van der Waals surface area contributed by atoms with E-state index in [0.717, 1.165) is 47.7 Å². The number of hydrogen-bond donors (Lipinski definition) is 0. The molecule has 0 spiro atoms. The summed E-state index contributed by atoms with van der Waals surface area (Å²) in [6, 6.07) is 7.46. The molecule has 8 heteroatoms. The maximum absolute atomic E-state index is 13.0. The molecule has 1 aliphatic heterocycles. The van der Waals surface area contributed by atoms with Gasteiger partial charge in [0, 0.05) is 49.7 Å². The lowest BCUT2D eigenvalue weighted by Gasteiger charge is -2.33. The minimum Gasteiger partial charge on any atom is -0.356 e. The number of likely N-dealkylation sites (tertiary alicyclic amines) is 1. The Morgan fingerprint density at radius 3 is 2.87 bits per heavy atom. The van der Waals surface area contributed by atoms with Crippen LogP contribution in [0.2, 0.25) is 0 Å². The number of piperidine rings is 1. The highest BCUT2D eigenvalue weighted by Gasteiger charge is 2.30. The van der Waals surface area contributed by atoms with Gasteiger partial charge in [-0.05, 0) is 38.8 Å². The second-order valence-corrected chi connectivity index (χ2v) is 7.78. The molecule has 1 atom stereocenters. The molecule has 4 aromatic heterocycles. The predicted molar refractivity (Wildman–Crippen MR) is 110 cm³/mol. The fourth-order valence-electron chi connectivity index (χ4n) is 4.20. The Kier molecular flexibility index (Phi) is 4.54. The van der Waals surface area contributed by atoms with E-state index in [9.17, 15) is 4.79 Å². The number of rotatable bonds is 3. The van der Waals surface area contributed by atoms with E-state index in [0.29, 0.717) is 17.9 Å². The van der Waals surface area contributed by atoms with Crippen LogP contribution < -0.4 is 0 Å². The molecular weight excluding hydrogens is 380 g/mol. The highest BCUT2D eigenvalue weighted by atomic mass is 16.5. The van der Waals surface area contributed by atoms with E-state index in [1.165, 1.54) is 0 Å². The van der Waals surface area contributed by atoms with Gasteiger partial charge in [-0.1, -0.05) is 5.16 Å². The van der Waals surface area contributed by atoms with Crippen molar-refractivity contribution in [1.29, 1.82) is 0 Å². The lowest BCUT2D eigenvalue weighted by atomic mass is 9.91. The van der Waals surface area contributed by atoms with Gasteiger partial charge in [0.2, 0.25) is 0 Å². The zero-order chi connectivity index (χ0) is 20.7. The van der Waals surface area contributed by atoms with Crippen molar-refractivity contribution in [3.8, 4) is 11.3 Å². The molecule has 1 saturated heterocycles. The third-order valence-corrected chi connectivity index (χ3v) is 5.54. The SMILES string of the molecule is Cc1cc(-c2cnc3cc(C)nn3c2[C@@H]2CCCN(C(=O)c3cccnc3)C2)on1. The Morgan fingerprint density at radius 2 is 2.10 bits per heavy atom. The van der Waals surface area contributed by atoms with Gasteiger partial charge in [-0.25, -0.2) is 9.50 Å². The van der Waals surface area contributed by atoms with Crippen molar-refractivity contribution in [2.24, 2.45) is 0 Å². The molecule has 0 radical (unpaired) electrons. The Labute approximate surface area is 173 Å². The maximum atomic E-state index is 13.0. The number of nitrogens with zero attached hydrogens (tertiary/aromatic N) is 6. The molecule has 30 heavy (non-hydrogen) atoms. The van der Waals surface area contributed by atoms with Crippen molar-refractivity contribution in [3.05, 3.63) is 65.5 Å². The summed E-state index contributed by atoms with van der Waals surface area (Å²) in [5.74, 6) is 0.775. The van der Waals surface area contributed by atoms with E-state index >= 15 is 0 Å². The highest BCUT2D eigenvalue weighted by molar-refractivity contribution is 5.94. The summed E-state index contributed by atoms with van der Waals surface area (Å²) in [7, 11) is 0. The summed E-state index contributed by atoms with van der Waals surface area (Å²) in [6.07, 6.45) is 6.99. The van der Waals surface area contributed by atoms with Crippen molar-refractivity contribution in [1.82, 2.24) is 29.6 Å². The molecule has 1 fully saturated rings. The molecule has 4 aromatic rings. The summed E-state index contributed by atoms with van der Waals surface area (Å²) in [4.78, 5) is 23.6. The van der Waals surface area contributed by atoms with Crippen LogP contribution in [0.3, 0.4) is 0 Å². The zero-order valence-corrected chi connectivity index (χ0v) is 16.9. The summed E-state index contributed by atoms with van der Waals surface area (Å²) < 4.78 is 7.46. The van der Waals surface area contributed by atoms with Gasteiger partial charge in [-0.2, -0.15) is 5.10 Å². The van der Waals surface area contributed by atoms with Crippen molar-refractivity contribution in [2.45, 2.75) is 32.6 Å². The van der Waals surface area contributed by atoms with Crippen LogP contribution in [0.25, 0.3) is 17.0 Å². The second-order valence-electron chi connectivity index (χ2n) is 7.78. The van der Waals surface area contributed by atoms with Gasteiger partial charge in [0.15, 0.2) is 11.4 Å². The van der Waals surface area contributed by atoms with Gasteiger partial charge < -0.3 is 9.42 Å². The number of carbonyl (C=O) groups is 1. The van der Waals surface area contributed by atoms with Gasteiger partial charge in [-0.3, -0.25) is 9.78 Å². The molecule has 5 heterocycles. The highest BCUT2D eigenvalue weighted by Crippen LogP contribution is 2.35. The van der Waals surface area contributed by atoms with E-state index in [2.05, 4.69) is 20.2 Å². The number of fused-ring (bicyclic) bond motifs is 1. The third kappa shape index (κ3) is 3.24. The van der Waals surface area contributed by atoms with Crippen LogP contribution in [0.4, 0.5) is 0 Å². The summed E-state index contributed by atoms with van der Waals surface area (Å²) in [6.45, 7) is 5.18. The first kappa shape index (κ1) is 18.5. The van der Waals surface area contributed by atoms with Crippen molar-refractivity contribution >= 4 is 11.6 Å². The molecule has 0 bridgehead atoms. The average molecular weight is 402 g/mol. The van der Waals surface area contributed by atoms with Crippen LogP contribution in [0.1, 0.15) is 46.2 Å². The van der Waals surface area contributed by atoms with Gasteiger partial charge in [0.05, 0.1) is 28.2 Å². The molecule has 0 saturated carbocycles. The van der Waals surface area contributed by atoms with Crippen LogP contribution in [0.15, 0.2) is 47.4 Å². The van der Waals surface area contributed by atoms with E-state index in [-0.39, 0.29) is 11.8 Å². The van der Waals surface area contributed by atoms with Crippen LogP contribution >= 0.6 is 0 Å². The fraction of sp³-hybridized carbons (Fsp3) is 0.318. The normalized spacial score (nSPS) is 16.9. The standard InChI is InChI=1S/C22H22N6O2/c1-14-10-20-24-12-18(19-9-15(2)26-30-19)21(28(20)25-14)17-6-4-8-27(13-17)22(29)16-5-3-7-23-11-16/h3,5,7,9-12,17H,4,6,8,13H2,1-2H3/t17-/m1/s1. The molecule has 0 aromatic carbocycles. The van der Waals surface area contributed by atoms with E-state index in [4.69, 9.17) is 4.52 Å². The predicted octanol–water partition coefficient (Wildman–Crippen LogP) is 3.42. The molecule has 152 valence electrons. The van der Waals surface area contributed by atoms with Gasteiger partial charge in [0.25, 0.3) is 5.91 Å². The van der Waals surface area contributed by atoms with Crippen molar-refractivity contribution in [3.63, 3.8) is 0 Å². The summed E-state index contributed by atoms with van der Waals surface area (Å²) in [5.41, 5.74) is 4.98. The average Bonchev–Trinajstić information content (AvgIpc) is 3.37. The topological polar surface area (TPSA) is 89.4 Å². The number of hydrogen-bond acceptors (Lipinski definition) is 6. The number of aryl methyl sites for hydroxylation is 2. The maximum Gasteiger partial charge on any atom is 0.255 e. The first-order chi connectivity index (χ1) is 14.6. The largest absolute Gasteiger partial charge is 0.356 e. The van der Waals surface area contributed by atoms with E-state index in [1.807, 2.05) is 47.7 Å². The second kappa shape index (κ2) is 7.37. The minimum absolute atomic E-state index is 0.00630. The molecule has 5 rings (SSSR count). The van der Waals surface area contributed by atoms with Crippen molar-refractivity contribution in [2.75, 3.05) is 13.1 Å². The monoisotopic (exact) mass is 402 g/mol. The molecular formula is C22H22N6O2. The quantitative estimate of drug-likeness (QED) is 0.522. The molecule has 0 N–H and O–H groups in total. The van der Waals surface area contributed by atoms with Gasteiger partial charge in [-0.15, -0.1) is 0 Å². The number of aromatic nitrogens is 5. The Bertz CT molecular complexity index is 1210. The first-order valence-electron chi connectivity index (χ1n) is 10.1. The molecule has 0 aliphatic carbocycles. The van der Waals surface area contributed by atoms with E-state index < -0.39 is 0 Å². The molecule has 1 aliphatic rings. The van der Waals surface area contributed by atoms with Crippen LogP contribution in [0, 0.1) is 13.8 Å². The first-order valence-corrected chi connectivity index (χ1v) is 10.1. The van der Waals surface area contributed by atoms with Gasteiger partial charge in [0.1, 0.15) is 0 Å². The lowest BCUT2D eigenvalue weighted by Crippen LogP contribution is -2.39. The lowest BCUT2D eigenvalue weighted by molar-refractivity contribution is 0.0705. The number of amides is 1. The van der Waals surface area contributed by atoms with Gasteiger partial charge >= 0.3 is 0 Å². The molecule has 0 unspecified atom stereocenters. The molecule has 1 amide bonds. The number of pyridine rings is 1. The minimum atomic E-state index is 0.00630. The Balaban J connectivity index is 1.57. The van der Waals surface area contributed by atoms with Crippen LogP contribution in [0.5, 0.6) is 0 Å². The number of carbonyl (C=O) groups excluding carboxylic acids is 1. The van der Waals surface area contributed by atoms with Crippen LogP contribution in [-0.4, -0.2) is 48.6 Å². The fourth-order valence-corrected chi connectivity index (χ4v) is 4.20. The summed E-state index contributed by atoms with van der Waals surface area (Å²) >= 11 is 0. The third-order valence-electron chi connectivity index (χ3n) is 5.54. The smallest absolute Gasteiger partial charge is 0.255 e. The van der Waals surface area contributed by atoms with Crippen molar-refractivity contribution < 1.29 is 9.32 Å². The van der Waals surface area contributed by atoms with E-state index in [1.54, 1.807) is 18.5 Å². The molecule has 8 nitrogen and oxygen atoms in total. The summed E-state index contributed by atoms with van der Waals surface area (Å²) in [5, 5.41) is 8.73. The Morgan fingerprint density at radius 1 is 1.20 bits per heavy atom. The zero-order valence-electron chi connectivity index (χ0n) is 16.9. The Hall–Kier alpha value is -3.55.